The van der Waals surface area contributed by atoms with Crippen LogP contribution in [0.3, 0.4) is 0 Å². The Labute approximate surface area is 87.5 Å². The second-order valence-electron chi connectivity index (χ2n) is 3.38. The normalized spacial score (nSPS) is 10.6. The quantitative estimate of drug-likeness (QED) is 0.664. The average molecular weight is 204 g/mol. The van der Waals surface area contributed by atoms with Gasteiger partial charge in [-0.25, -0.2) is 9.78 Å². The van der Waals surface area contributed by atoms with Crippen LogP contribution in [0, 0.1) is 6.92 Å². The molecule has 2 rings (SSSR count). The van der Waals surface area contributed by atoms with Crippen molar-refractivity contribution in [2.45, 2.75) is 6.92 Å². The van der Waals surface area contributed by atoms with E-state index in [1.807, 2.05) is 30.7 Å². The molecule has 4 heteroatoms. The number of rotatable bonds is 1. The molecule has 0 aliphatic carbocycles. The fourth-order valence-electron chi connectivity index (χ4n) is 1.61. The summed E-state index contributed by atoms with van der Waals surface area (Å²) in [6.45, 7) is 1.90. The summed E-state index contributed by atoms with van der Waals surface area (Å²) >= 11 is 0. The molecule has 0 aliphatic heterocycles. The van der Waals surface area contributed by atoms with Gasteiger partial charge in [-0.3, -0.25) is 0 Å². The number of carbonyl (C=O) groups excluding carboxylic acids is 1. The van der Waals surface area contributed by atoms with E-state index in [0.717, 1.165) is 11.3 Å². The molecule has 1 aromatic heterocycles. The van der Waals surface area contributed by atoms with Gasteiger partial charge in [0.1, 0.15) is 11.3 Å². The van der Waals surface area contributed by atoms with Crippen LogP contribution in [0.1, 0.15) is 16.2 Å². The topological polar surface area (TPSA) is 44.1 Å². The zero-order valence-electron chi connectivity index (χ0n) is 8.94. The lowest BCUT2D eigenvalue weighted by Crippen LogP contribution is -2.01. The van der Waals surface area contributed by atoms with E-state index < -0.39 is 0 Å². The summed E-state index contributed by atoms with van der Waals surface area (Å²) in [7, 11) is 3.29. The molecule has 0 aliphatic rings. The van der Waals surface area contributed by atoms with Crippen molar-refractivity contribution in [2.75, 3.05) is 7.11 Å². The van der Waals surface area contributed by atoms with Crippen molar-refractivity contribution in [3.05, 3.63) is 29.6 Å². The van der Waals surface area contributed by atoms with Gasteiger partial charge in [0.15, 0.2) is 0 Å². The smallest absolute Gasteiger partial charge is 0.340 e. The van der Waals surface area contributed by atoms with Crippen LogP contribution in [0.15, 0.2) is 18.2 Å². The van der Waals surface area contributed by atoms with Crippen molar-refractivity contribution < 1.29 is 9.53 Å². The van der Waals surface area contributed by atoms with Crippen molar-refractivity contribution in [1.29, 1.82) is 0 Å². The van der Waals surface area contributed by atoms with Gasteiger partial charge in [0.2, 0.25) is 0 Å². The Hall–Kier alpha value is -1.84. The van der Waals surface area contributed by atoms with E-state index >= 15 is 0 Å². The SMILES string of the molecule is COC(=O)c1cccc2c1nc(C)n2C. The highest BCUT2D eigenvalue weighted by atomic mass is 16.5. The predicted molar refractivity (Wildman–Crippen MR) is 56.8 cm³/mol. The van der Waals surface area contributed by atoms with Crippen LogP contribution in [0.4, 0.5) is 0 Å². The Bertz CT molecular complexity index is 529. The number of carbonyl (C=O) groups is 1. The van der Waals surface area contributed by atoms with Crippen molar-refractivity contribution in [3.8, 4) is 0 Å². The summed E-state index contributed by atoms with van der Waals surface area (Å²) in [5, 5.41) is 0. The Morgan fingerprint density at radius 2 is 2.20 bits per heavy atom. The number of benzene rings is 1. The fraction of sp³-hybridized carbons (Fsp3) is 0.273. The molecule has 0 bridgehead atoms. The molecule has 0 fully saturated rings. The zero-order valence-corrected chi connectivity index (χ0v) is 8.94. The van der Waals surface area contributed by atoms with E-state index in [4.69, 9.17) is 4.74 Å². The second kappa shape index (κ2) is 3.38. The number of hydrogen-bond donors (Lipinski definition) is 0. The lowest BCUT2D eigenvalue weighted by Gasteiger charge is -2.00. The molecular weight excluding hydrogens is 192 g/mol. The molecule has 0 N–H and O–H groups in total. The van der Waals surface area contributed by atoms with Gasteiger partial charge in [-0.05, 0) is 19.1 Å². The van der Waals surface area contributed by atoms with E-state index in [0.29, 0.717) is 11.1 Å². The Balaban J connectivity index is 2.77. The number of nitrogens with zero attached hydrogens (tertiary/aromatic N) is 2. The third kappa shape index (κ3) is 1.38. The van der Waals surface area contributed by atoms with E-state index in [-0.39, 0.29) is 5.97 Å². The lowest BCUT2D eigenvalue weighted by atomic mass is 10.2. The van der Waals surface area contributed by atoms with Crippen LogP contribution < -0.4 is 0 Å². The molecular formula is C11H12N2O2. The van der Waals surface area contributed by atoms with Gasteiger partial charge in [0, 0.05) is 7.05 Å². The van der Waals surface area contributed by atoms with Crippen molar-refractivity contribution in [2.24, 2.45) is 7.05 Å². The first-order valence-electron chi connectivity index (χ1n) is 4.65. The molecule has 15 heavy (non-hydrogen) atoms. The van der Waals surface area contributed by atoms with Crippen LogP contribution in [-0.2, 0) is 11.8 Å². The van der Waals surface area contributed by atoms with E-state index in [2.05, 4.69) is 4.98 Å². The summed E-state index contributed by atoms with van der Waals surface area (Å²) in [6.07, 6.45) is 0. The first kappa shape index (κ1) is 9.71. The molecule has 0 unspecified atom stereocenters. The van der Waals surface area contributed by atoms with Gasteiger partial charge >= 0.3 is 5.97 Å². The van der Waals surface area contributed by atoms with Crippen LogP contribution in [0.25, 0.3) is 11.0 Å². The largest absolute Gasteiger partial charge is 0.465 e. The number of aromatic nitrogens is 2. The fourth-order valence-corrected chi connectivity index (χ4v) is 1.61. The minimum atomic E-state index is -0.348. The van der Waals surface area contributed by atoms with Crippen molar-refractivity contribution in [3.63, 3.8) is 0 Å². The maximum atomic E-state index is 11.5. The number of aryl methyl sites for hydroxylation is 2. The first-order chi connectivity index (χ1) is 7.15. The highest BCUT2D eigenvalue weighted by Crippen LogP contribution is 2.19. The Morgan fingerprint density at radius 1 is 1.47 bits per heavy atom. The van der Waals surface area contributed by atoms with Crippen LogP contribution >= 0.6 is 0 Å². The van der Waals surface area contributed by atoms with Crippen LogP contribution in [0.2, 0.25) is 0 Å². The molecule has 0 saturated carbocycles. The molecule has 1 aromatic carbocycles. The predicted octanol–water partition coefficient (Wildman–Crippen LogP) is 1.67. The summed E-state index contributed by atoms with van der Waals surface area (Å²) in [4.78, 5) is 15.8. The van der Waals surface area contributed by atoms with Crippen LogP contribution in [0.5, 0.6) is 0 Å². The van der Waals surface area contributed by atoms with Gasteiger partial charge in [-0.2, -0.15) is 0 Å². The molecule has 0 spiro atoms. The number of para-hydroxylation sites is 1. The average Bonchev–Trinajstić information content (AvgIpc) is 2.54. The molecule has 2 aromatic rings. The van der Waals surface area contributed by atoms with Gasteiger partial charge in [-0.1, -0.05) is 6.07 Å². The number of imidazole rings is 1. The van der Waals surface area contributed by atoms with Gasteiger partial charge in [0.05, 0.1) is 18.2 Å². The van der Waals surface area contributed by atoms with Gasteiger partial charge < -0.3 is 9.30 Å². The number of hydrogen-bond acceptors (Lipinski definition) is 3. The standard InChI is InChI=1S/C11H12N2O2/c1-7-12-10-8(11(14)15-3)5-4-6-9(10)13(7)2/h4-6H,1-3H3. The molecule has 4 nitrogen and oxygen atoms in total. The summed E-state index contributed by atoms with van der Waals surface area (Å²) in [5.41, 5.74) is 2.15. The van der Waals surface area contributed by atoms with Gasteiger partial charge in [0.25, 0.3) is 0 Å². The van der Waals surface area contributed by atoms with Crippen molar-refractivity contribution in [1.82, 2.24) is 9.55 Å². The number of esters is 1. The highest BCUT2D eigenvalue weighted by Gasteiger charge is 2.14. The number of methoxy groups -OCH3 is 1. The minimum absolute atomic E-state index is 0.348. The third-order valence-corrected chi connectivity index (χ3v) is 2.54. The highest BCUT2D eigenvalue weighted by molar-refractivity contribution is 6.02. The van der Waals surface area contributed by atoms with Crippen molar-refractivity contribution >= 4 is 17.0 Å². The molecule has 0 saturated heterocycles. The monoisotopic (exact) mass is 204 g/mol. The lowest BCUT2D eigenvalue weighted by molar-refractivity contribution is 0.0603. The molecule has 0 amide bonds. The molecule has 0 atom stereocenters. The summed E-state index contributed by atoms with van der Waals surface area (Å²) in [6, 6.07) is 5.48. The third-order valence-electron chi connectivity index (χ3n) is 2.54. The molecule has 78 valence electrons. The van der Waals surface area contributed by atoms with Gasteiger partial charge in [-0.15, -0.1) is 0 Å². The Morgan fingerprint density at radius 3 is 2.87 bits per heavy atom. The number of fused-ring (bicyclic) bond motifs is 1. The Kier molecular flexibility index (Phi) is 2.19. The van der Waals surface area contributed by atoms with Crippen LogP contribution in [-0.4, -0.2) is 22.6 Å². The first-order valence-corrected chi connectivity index (χ1v) is 4.65. The van der Waals surface area contributed by atoms with E-state index in [1.54, 1.807) is 6.07 Å². The molecule has 1 heterocycles. The van der Waals surface area contributed by atoms with E-state index in [9.17, 15) is 4.79 Å². The minimum Gasteiger partial charge on any atom is -0.465 e. The van der Waals surface area contributed by atoms with E-state index in [1.165, 1.54) is 7.11 Å². The summed E-state index contributed by atoms with van der Waals surface area (Å²) in [5.74, 6) is 0.528. The second-order valence-corrected chi connectivity index (χ2v) is 3.38. The zero-order chi connectivity index (χ0) is 11.0. The molecule has 0 radical (unpaired) electrons. The maximum absolute atomic E-state index is 11.5. The number of ether oxygens (including phenoxy) is 1. The maximum Gasteiger partial charge on any atom is 0.340 e. The summed E-state index contributed by atoms with van der Waals surface area (Å²) < 4.78 is 6.65.